The summed E-state index contributed by atoms with van der Waals surface area (Å²) in [5.74, 6) is -0.956. The van der Waals surface area contributed by atoms with Crippen LogP contribution in [0.25, 0.3) is 5.57 Å². The smallest absolute Gasteiger partial charge is 0.282 e. The fourth-order valence-electron chi connectivity index (χ4n) is 3.61. The number of hydrogen-bond donors (Lipinski definition) is 2. The van der Waals surface area contributed by atoms with Gasteiger partial charge >= 0.3 is 0 Å². The summed E-state index contributed by atoms with van der Waals surface area (Å²) in [6, 6.07) is 21.6. The van der Waals surface area contributed by atoms with E-state index >= 15 is 0 Å². The lowest BCUT2D eigenvalue weighted by atomic mass is 9.99. The van der Waals surface area contributed by atoms with Gasteiger partial charge < -0.3 is 10.6 Å². The van der Waals surface area contributed by atoms with Gasteiger partial charge in [0, 0.05) is 18.3 Å². The lowest BCUT2D eigenvalue weighted by molar-refractivity contribution is -0.120. The number of hydrogen-bond acceptors (Lipinski definition) is 4. The van der Waals surface area contributed by atoms with Gasteiger partial charge in [0.2, 0.25) is 5.91 Å². The van der Waals surface area contributed by atoms with Gasteiger partial charge in [-0.25, -0.2) is 4.90 Å². The van der Waals surface area contributed by atoms with Crippen LogP contribution in [0.15, 0.2) is 78.5 Å². The van der Waals surface area contributed by atoms with E-state index in [2.05, 4.69) is 10.6 Å². The molecule has 0 spiro atoms. The van der Waals surface area contributed by atoms with Crippen LogP contribution in [-0.2, 0) is 14.4 Å². The van der Waals surface area contributed by atoms with Crippen molar-refractivity contribution in [2.75, 3.05) is 15.5 Å². The first-order valence-corrected chi connectivity index (χ1v) is 10.3. The summed E-state index contributed by atoms with van der Waals surface area (Å²) in [6.45, 7) is 5.42. The predicted octanol–water partition coefficient (Wildman–Crippen LogP) is 4.66. The summed E-state index contributed by atoms with van der Waals surface area (Å²) in [7, 11) is 0. The molecule has 6 heteroatoms. The van der Waals surface area contributed by atoms with Crippen LogP contribution in [0.1, 0.15) is 23.6 Å². The van der Waals surface area contributed by atoms with E-state index in [0.717, 1.165) is 11.1 Å². The van der Waals surface area contributed by atoms with Crippen LogP contribution in [0, 0.1) is 13.8 Å². The van der Waals surface area contributed by atoms with E-state index in [-0.39, 0.29) is 17.5 Å². The number of imide groups is 1. The standard InChI is InChI=1S/C26H23N3O3/c1-16-9-10-19(15-17(16)2)23-24(28-21-13-11-20(12-14-21)27-18(3)30)26(32)29(25(23)31)22-7-5-4-6-8-22/h4-15,28H,1-3H3,(H,27,30). The molecule has 1 aliphatic heterocycles. The number of rotatable bonds is 5. The second kappa shape index (κ2) is 8.51. The first-order chi connectivity index (χ1) is 15.3. The maximum absolute atomic E-state index is 13.4. The van der Waals surface area contributed by atoms with Gasteiger partial charge in [-0.1, -0.05) is 36.4 Å². The fourth-order valence-corrected chi connectivity index (χ4v) is 3.61. The molecule has 160 valence electrons. The third-order valence-electron chi connectivity index (χ3n) is 5.37. The van der Waals surface area contributed by atoms with Crippen molar-refractivity contribution in [3.63, 3.8) is 0 Å². The Morgan fingerprint density at radius 1 is 0.781 bits per heavy atom. The summed E-state index contributed by atoms with van der Waals surface area (Å²) in [4.78, 5) is 39.3. The average molecular weight is 425 g/mol. The molecular weight excluding hydrogens is 402 g/mol. The Labute approximate surface area is 186 Å². The Bertz CT molecular complexity index is 1250. The Balaban J connectivity index is 1.77. The summed E-state index contributed by atoms with van der Waals surface area (Å²) in [6.07, 6.45) is 0. The van der Waals surface area contributed by atoms with Crippen molar-refractivity contribution >= 4 is 40.4 Å². The minimum absolute atomic E-state index is 0.166. The molecular formula is C26H23N3O3. The number of nitrogens with one attached hydrogen (secondary N) is 2. The predicted molar refractivity (Wildman–Crippen MR) is 126 cm³/mol. The summed E-state index contributed by atoms with van der Waals surface area (Å²) < 4.78 is 0. The molecule has 3 aromatic carbocycles. The third kappa shape index (κ3) is 4.03. The molecule has 0 unspecified atom stereocenters. The number of para-hydroxylation sites is 1. The Hall–Kier alpha value is -4.19. The molecule has 0 saturated carbocycles. The van der Waals surface area contributed by atoms with Gasteiger partial charge in [0.1, 0.15) is 5.70 Å². The van der Waals surface area contributed by atoms with Crippen molar-refractivity contribution in [2.24, 2.45) is 0 Å². The quantitative estimate of drug-likeness (QED) is 0.583. The van der Waals surface area contributed by atoms with Crippen molar-refractivity contribution in [2.45, 2.75) is 20.8 Å². The van der Waals surface area contributed by atoms with Crippen LogP contribution >= 0.6 is 0 Å². The van der Waals surface area contributed by atoms with Crippen molar-refractivity contribution in [3.8, 4) is 0 Å². The SMILES string of the molecule is CC(=O)Nc1ccc(NC2=C(c3ccc(C)c(C)c3)C(=O)N(c3ccccc3)C2=O)cc1. The molecule has 2 N–H and O–H groups in total. The maximum Gasteiger partial charge on any atom is 0.282 e. The van der Waals surface area contributed by atoms with E-state index < -0.39 is 5.91 Å². The average Bonchev–Trinajstić information content (AvgIpc) is 3.01. The van der Waals surface area contributed by atoms with Gasteiger partial charge in [0.15, 0.2) is 0 Å². The Kier molecular flexibility index (Phi) is 5.60. The molecule has 3 aromatic rings. The Morgan fingerprint density at radius 3 is 2.06 bits per heavy atom. The molecule has 1 heterocycles. The van der Waals surface area contributed by atoms with E-state index in [0.29, 0.717) is 28.2 Å². The maximum atomic E-state index is 13.4. The zero-order chi connectivity index (χ0) is 22.8. The highest BCUT2D eigenvalue weighted by Gasteiger charge is 2.40. The fraction of sp³-hybridized carbons (Fsp3) is 0.115. The van der Waals surface area contributed by atoms with Gasteiger partial charge in [0.05, 0.1) is 11.3 Å². The summed E-state index contributed by atoms with van der Waals surface area (Å²) in [5, 5.41) is 5.85. The van der Waals surface area contributed by atoms with Gasteiger partial charge in [-0.3, -0.25) is 14.4 Å². The first kappa shape index (κ1) is 21.1. The second-order valence-electron chi connectivity index (χ2n) is 7.71. The highest BCUT2D eigenvalue weighted by Crippen LogP contribution is 2.34. The van der Waals surface area contributed by atoms with Gasteiger partial charge in [-0.2, -0.15) is 0 Å². The monoisotopic (exact) mass is 425 g/mol. The number of carbonyl (C=O) groups is 3. The number of carbonyl (C=O) groups excluding carboxylic acids is 3. The molecule has 3 amide bonds. The van der Waals surface area contributed by atoms with Crippen molar-refractivity contribution < 1.29 is 14.4 Å². The minimum Gasteiger partial charge on any atom is -0.350 e. The van der Waals surface area contributed by atoms with Crippen LogP contribution in [0.2, 0.25) is 0 Å². The van der Waals surface area contributed by atoms with Crippen molar-refractivity contribution in [3.05, 3.63) is 95.2 Å². The van der Waals surface area contributed by atoms with E-state index in [1.807, 2.05) is 38.1 Å². The molecule has 32 heavy (non-hydrogen) atoms. The van der Waals surface area contributed by atoms with Crippen molar-refractivity contribution in [1.29, 1.82) is 0 Å². The zero-order valence-electron chi connectivity index (χ0n) is 18.1. The van der Waals surface area contributed by atoms with Crippen molar-refractivity contribution in [1.82, 2.24) is 0 Å². The molecule has 0 bridgehead atoms. The van der Waals surface area contributed by atoms with Gasteiger partial charge in [-0.15, -0.1) is 0 Å². The number of aryl methyl sites for hydroxylation is 2. The van der Waals surface area contributed by atoms with Gasteiger partial charge in [0.25, 0.3) is 11.8 Å². The lowest BCUT2D eigenvalue weighted by Crippen LogP contribution is -2.32. The van der Waals surface area contributed by atoms with Crippen LogP contribution in [0.4, 0.5) is 17.1 Å². The van der Waals surface area contributed by atoms with E-state index in [4.69, 9.17) is 0 Å². The van der Waals surface area contributed by atoms with Crippen LogP contribution in [-0.4, -0.2) is 17.7 Å². The molecule has 4 rings (SSSR count). The van der Waals surface area contributed by atoms with Gasteiger partial charge in [-0.05, 0) is 66.9 Å². The summed E-state index contributed by atoms with van der Waals surface area (Å²) >= 11 is 0. The minimum atomic E-state index is -0.416. The highest BCUT2D eigenvalue weighted by atomic mass is 16.2. The normalized spacial score (nSPS) is 13.5. The first-order valence-electron chi connectivity index (χ1n) is 10.3. The van der Waals surface area contributed by atoms with Crippen LogP contribution in [0.3, 0.4) is 0 Å². The van der Waals surface area contributed by atoms with E-state index in [9.17, 15) is 14.4 Å². The Morgan fingerprint density at radius 2 is 1.44 bits per heavy atom. The molecule has 6 nitrogen and oxygen atoms in total. The molecule has 0 saturated heterocycles. The van der Waals surface area contributed by atoms with E-state index in [1.165, 1.54) is 11.8 Å². The third-order valence-corrected chi connectivity index (χ3v) is 5.37. The van der Waals surface area contributed by atoms with E-state index in [1.54, 1.807) is 48.5 Å². The number of benzene rings is 3. The highest BCUT2D eigenvalue weighted by molar-refractivity contribution is 6.46. The molecule has 0 aliphatic carbocycles. The molecule has 1 aliphatic rings. The topological polar surface area (TPSA) is 78.5 Å². The molecule has 0 fully saturated rings. The number of amides is 3. The number of nitrogens with zero attached hydrogens (tertiary/aromatic N) is 1. The molecule has 0 radical (unpaired) electrons. The van der Waals surface area contributed by atoms with Crippen LogP contribution in [0.5, 0.6) is 0 Å². The number of anilines is 3. The molecule has 0 atom stereocenters. The van der Waals surface area contributed by atoms with Crippen LogP contribution < -0.4 is 15.5 Å². The largest absolute Gasteiger partial charge is 0.350 e. The lowest BCUT2D eigenvalue weighted by Gasteiger charge is -2.15. The zero-order valence-corrected chi connectivity index (χ0v) is 18.1. The molecule has 0 aromatic heterocycles. The summed E-state index contributed by atoms with van der Waals surface area (Å²) in [5.41, 5.74) is 5.16. The second-order valence-corrected chi connectivity index (χ2v) is 7.71.